The van der Waals surface area contributed by atoms with E-state index in [9.17, 15) is 12.8 Å². The van der Waals surface area contributed by atoms with Crippen LogP contribution in [0.5, 0.6) is 0 Å². The summed E-state index contributed by atoms with van der Waals surface area (Å²) >= 11 is 0. The van der Waals surface area contributed by atoms with Crippen LogP contribution in [0, 0.1) is 5.82 Å². The van der Waals surface area contributed by atoms with Gasteiger partial charge in [-0.2, -0.15) is 0 Å². The lowest BCUT2D eigenvalue weighted by Crippen LogP contribution is -2.51. The Hall–Kier alpha value is -1.83. The Balaban J connectivity index is 1.84. The van der Waals surface area contributed by atoms with Crippen LogP contribution < -0.4 is 10.6 Å². The van der Waals surface area contributed by atoms with Gasteiger partial charge in [0.25, 0.3) is 0 Å². The number of sulfone groups is 1. The maximum absolute atomic E-state index is 12.9. The van der Waals surface area contributed by atoms with E-state index < -0.39 is 9.84 Å². The molecule has 1 aromatic rings. The van der Waals surface area contributed by atoms with Gasteiger partial charge in [-0.1, -0.05) is 6.92 Å². The van der Waals surface area contributed by atoms with Crippen molar-refractivity contribution >= 4 is 21.5 Å². The lowest BCUT2D eigenvalue weighted by Gasteiger charge is -2.36. The minimum atomic E-state index is -3.01. The minimum absolute atomic E-state index is 0.0275. The van der Waals surface area contributed by atoms with Crippen molar-refractivity contribution in [1.82, 2.24) is 4.90 Å². The standard InChI is InChI=1S/C15H23FN4O2S/c1-2-23(21,22)12-7-18-15(17)20-10-8-19(9-11-20)14-5-3-13(16)4-6-14/h3-6H,2,7-12H2,1H3,(H2,17,18). The number of halogens is 1. The van der Waals surface area contributed by atoms with Crippen LogP contribution in [-0.4, -0.2) is 63.5 Å². The number of aliphatic imine (C=N–C) groups is 1. The maximum Gasteiger partial charge on any atom is 0.191 e. The predicted octanol–water partition coefficient (Wildman–Crippen LogP) is 0.697. The first-order valence-electron chi connectivity index (χ1n) is 7.67. The molecule has 1 aliphatic rings. The van der Waals surface area contributed by atoms with E-state index in [0.29, 0.717) is 19.0 Å². The Morgan fingerprint density at radius 2 is 1.83 bits per heavy atom. The summed E-state index contributed by atoms with van der Waals surface area (Å²) < 4.78 is 35.8. The van der Waals surface area contributed by atoms with Crippen LogP contribution in [0.2, 0.25) is 0 Å². The Morgan fingerprint density at radius 1 is 1.22 bits per heavy atom. The third kappa shape index (κ3) is 5.09. The minimum Gasteiger partial charge on any atom is -0.370 e. The van der Waals surface area contributed by atoms with Crippen molar-refractivity contribution in [3.8, 4) is 0 Å². The Morgan fingerprint density at radius 3 is 2.39 bits per heavy atom. The Labute approximate surface area is 136 Å². The largest absolute Gasteiger partial charge is 0.370 e. The monoisotopic (exact) mass is 342 g/mol. The molecule has 1 saturated heterocycles. The van der Waals surface area contributed by atoms with Crippen LogP contribution in [0.15, 0.2) is 29.3 Å². The summed E-state index contributed by atoms with van der Waals surface area (Å²) in [5.41, 5.74) is 6.92. The lowest BCUT2D eigenvalue weighted by molar-refractivity contribution is 0.381. The molecule has 0 saturated carbocycles. The smallest absolute Gasteiger partial charge is 0.191 e. The zero-order valence-corrected chi connectivity index (χ0v) is 14.1. The summed E-state index contributed by atoms with van der Waals surface area (Å²) in [7, 11) is -3.01. The molecule has 2 N–H and O–H groups in total. The first-order valence-corrected chi connectivity index (χ1v) is 9.49. The molecule has 0 unspecified atom stereocenters. The van der Waals surface area contributed by atoms with E-state index in [0.717, 1.165) is 18.8 Å². The normalized spacial score (nSPS) is 16.7. The second-order valence-electron chi connectivity index (χ2n) is 5.43. The molecule has 0 aliphatic carbocycles. The fourth-order valence-electron chi connectivity index (χ4n) is 2.39. The van der Waals surface area contributed by atoms with Crippen molar-refractivity contribution < 1.29 is 12.8 Å². The highest BCUT2D eigenvalue weighted by molar-refractivity contribution is 7.91. The number of hydrogen-bond acceptors (Lipinski definition) is 4. The number of anilines is 1. The van der Waals surface area contributed by atoms with Gasteiger partial charge in [-0.15, -0.1) is 0 Å². The van der Waals surface area contributed by atoms with E-state index in [4.69, 9.17) is 5.73 Å². The average Bonchev–Trinajstić information content (AvgIpc) is 2.55. The quantitative estimate of drug-likeness (QED) is 0.629. The fourth-order valence-corrected chi connectivity index (χ4v) is 3.05. The molecule has 0 aromatic heterocycles. The molecule has 1 heterocycles. The molecule has 0 atom stereocenters. The SMILES string of the molecule is CCS(=O)(=O)CCN=C(N)N1CCN(c2ccc(F)cc2)CC1. The zero-order valence-electron chi connectivity index (χ0n) is 13.3. The van der Waals surface area contributed by atoms with Crippen molar-refractivity contribution in [2.75, 3.05) is 49.1 Å². The van der Waals surface area contributed by atoms with Crippen LogP contribution >= 0.6 is 0 Å². The van der Waals surface area contributed by atoms with Crippen LogP contribution in [-0.2, 0) is 9.84 Å². The number of nitrogens with two attached hydrogens (primary N) is 1. The molecule has 6 nitrogen and oxygen atoms in total. The molecule has 0 spiro atoms. The molecule has 2 rings (SSSR count). The van der Waals surface area contributed by atoms with Crippen molar-refractivity contribution in [3.63, 3.8) is 0 Å². The van der Waals surface area contributed by atoms with Gasteiger partial charge in [0.15, 0.2) is 15.8 Å². The maximum atomic E-state index is 12.9. The van der Waals surface area contributed by atoms with Gasteiger partial charge in [0.2, 0.25) is 0 Å². The molecule has 128 valence electrons. The summed E-state index contributed by atoms with van der Waals surface area (Å²) in [5.74, 6) is 0.291. The van der Waals surface area contributed by atoms with Crippen molar-refractivity contribution in [1.29, 1.82) is 0 Å². The molecule has 8 heteroatoms. The number of piperazine rings is 1. The third-order valence-electron chi connectivity index (χ3n) is 3.91. The van der Waals surface area contributed by atoms with Gasteiger partial charge in [0, 0.05) is 37.6 Å². The third-order valence-corrected chi connectivity index (χ3v) is 5.60. The highest BCUT2D eigenvalue weighted by Gasteiger charge is 2.18. The molecule has 1 fully saturated rings. The summed E-state index contributed by atoms with van der Waals surface area (Å²) in [6.45, 7) is 4.74. The molecule has 1 aromatic carbocycles. The zero-order chi connectivity index (χ0) is 16.9. The van der Waals surface area contributed by atoms with Gasteiger partial charge in [-0.3, -0.25) is 4.99 Å². The molecule has 23 heavy (non-hydrogen) atoms. The first-order chi connectivity index (χ1) is 10.9. The summed E-state index contributed by atoms with van der Waals surface area (Å²) in [4.78, 5) is 8.26. The fraction of sp³-hybridized carbons (Fsp3) is 0.533. The summed E-state index contributed by atoms with van der Waals surface area (Å²) in [6.07, 6.45) is 0. The summed E-state index contributed by atoms with van der Waals surface area (Å²) in [6, 6.07) is 6.42. The molecule has 0 amide bonds. The number of hydrogen-bond donors (Lipinski definition) is 1. The van der Waals surface area contributed by atoms with Crippen molar-refractivity contribution in [2.24, 2.45) is 10.7 Å². The topological polar surface area (TPSA) is 79.0 Å². The van der Waals surface area contributed by atoms with E-state index in [-0.39, 0.29) is 23.9 Å². The van der Waals surface area contributed by atoms with Crippen LogP contribution in [0.25, 0.3) is 0 Å². The number of benzene rings is 1. The second kappa shape index (κ2) is 7.63. The van der Waals surface area contributed by atoms with E-state index >= 15 is 0 Å². The van der Waals surface area contributed by atoms with Crippen LogP contribution in [0.4, 0.5) is 10.1 Å². The van der Waals surface area contributed by atoms with Gasteiger partial charge in [-0.05, 0) is 24.3 Å². The van der Waals surface area contributed by atoms with Crippen LogP contribution in [0.1, 0.15) is 6.92 Å². The van der Waals surface area contributed by atoms with E-state index in [1.807, 2.05) is 4.90 Å². The van der Waals surface area contributed by atoms with Crippen LogP contribution in [0.3, 0.4) is 0 Å². The highest BCUT2D eigenvalue weighted by Crippen LogP contribution is 2.16. The van der Waals surface area contributed by atoms with Gasteiger partial charge in [-0.25, -0.2) is 12.8 Å². The first kappa shape index (κ1) is 17.5. The van der Waals surface area contributed by atoms with Gasteiger partial charge in [0.1, 0.15) is 5.82 Å². The molecular formula is C15H23FN4O2S. The second-order valence-corrected chi connectivity index (χ2v) is 7.90. The van der Waals surface area contributed by atoms with Gasteiger partial charge in [0.05, 0.1) is 12.3 Å². The number of guanidine groups is 1. The summed E-state index contributed by atoms with van der Waals surface area (Å²) in [5, 5.41) is 0. The van der Waals surface area contributed by atoms with E-state index in [1.54, 1.807) is 19.1 Å². The number of nitrogens with zero attached hydrogens (tertiary/aromatic N) is 3. The average molecular weight is 342 g/mol. The molecule has 0 bridgehead atoms. The van der Waals surface area contributed by atoms with Gasteiger partial charge >= 0.3 is 0 Å². The predicted molar refractivity (Wildman–Crippen MR) is 91.0 cm³/mol. The highest BCUT2D eigenvalue weighted by atomic mass is 32.2. The van der Waals surface area contributed by atoms with Crippen molar-refractivity contribution in [3.05, 3.63) is 30.1 Å². The van der Waals surface area contributed by atoms with E-state index in [2.05, 4.69) is 9.89 Å². The number of rotatable bonds is 5. The Kier molecular flexibility index (Phi) is 5.81. The Bertz CT molecular complexity index is 638. The van der Waals surface area contributed by atoms with Crippen molar-refractivity contribution in [2.45, 2.75) is 6.92 Å². The molecule has 0 radical (unpaired) electrons. The van der Waals surface area contributed by atoms with Gasteiger partial charge < -0.3 is 15.5 Å². The molecule has 1 aliphatic heterocycles. The molecular weight excluding hydrogens is 319 g/mol. The lowest BCUT2D eigenvalue weighted by atomic mass is 10.2. The van der Waals surface area contributed by atoms with E-state index in [1.165, 1.54) is 12.1 Å².